The fraction of sp³-hybridized carbons (Fsp3) is 0.867. The molecular weight excluding hydrogens is 180 g/mol. The molecule has 0 aromatic rings. The van der Waals surface area contributed by atoms with Crippen LogP contribution in [0.4, 0.5) is 0 Å². The number of fused-ring (bicyclic) bond motifs is 1. The molecule has 0 N–H and O–H groups in total. The summed E-state index contributed by atoms with van der Waals surface area (Å²) in [4.78, 5) is 0. The van der Waals surface area contributed by atoms with Gasteiger partial charge in [-0.15, -0.1) is 0 Å². The zero-order valence-electron chi connectivity index (χ0n) is 10.5. The highest BCUT2D eigenvalue weighted by atomic mass is 14.6. The molecular formula is C15H24. The molecule has 0 aromatic carbocycles. The highest BCUT2D eigenvalue weighted by Gasteiger charge is 2.60. The maximum absolute atomic E-state index is 4.48. The lowest BCUT2D eigenvalue weighted by molar-refractivity contribution is 0.0881. The fourth-order valence-electron chi connectivity index (χ4n) is 5.05. The Kier molecular flexibility index (Phi) is 1.79. The molecule has 3 rings (SSSR count). The minimum Gasteiger partial charge on any atom is -0.0990 e. The molecule has 2 bridgehead atoms. The first kappa shape index (κ1) is 9.93. The van der Waals surface area contributed by atoms with E-state index < -0.39 is 0 Å². The predicted octanol–water partition coefficient (Wildman–Crippen LogP) is 4.42. The first-order valence-electron chi connectivity index (χ1n) is 6.68. The zero-order valence-corrected chi connectivity index (χ0v) is 10.5. The first-order valence-corrected chi connectivity index (χ1v) is 6.68. The molecule has 0 radical (unpaired) electrons. The lowest BCUT2D eigenvalue weighted by atomic mass is 9.56. The van der Waals surface area contributed by atoms with E-state index in [1.54, 1.807) is 5.57 Å². The largest absolute Gasteiger partial charge is 0.0990 e. The summed E-state index contributed by atoms with van der Waals surface area (Å²) in [7, 11) is 0. The van der Waals surface area contributed by atoms with E-state index in [0.717, 1.165) is 17.8 Å². The number of hydrogen-bond acceptors (Lipinski definition) is 0. The second-order valence-corrected chi connectivity index (χ2v) is 6.95. The van der Waals surface area contributed by atoms with Gasteiger partial charge in [-0.3, -0.25) is 0 Å². The Morgan fingerprint density at radius 1 is 1.20 bits per heavy atom. The van der Waals surface area contributed by atoms with Crippen molar-refractivity contribution in [1.29, 1.82) is 0 Å². The quantitative estimate of drug-likeness (QED) is 0.513. The lowest BCUT2D eigenvalue weighted by Gasteiger charge is -2.48. The molecule has 3 fully saturated rings. The van der Waals surface area contributed by atoms with Gasteiger partial charge in [0.25, 0.3) is 0 Å². The van der Waals surface area contributed by atoms with Crippen LogP contribution in [0.5, 0.6) is 0 Å². The molecule has 15 heavy (non-hydrogen) atoms. The highest BCUT2D eigenvalue weighted by molar-refractivity contribution is 5.26. The summed E-state index contributed by atoms with van der Waals surface area (Å²) in [5.41, 5.74) is 2.71. The summed E-state index contributed by atoms with van der Waals surface area (Å²) in [6, 6.07) is 0. The average molecular weight is 204 g/mol. The Hall–Kier alpha value is -0.260. The van der Waals surface area contributed by atoms with Crippen molar-refractivity contribution in [2.24, 2.45) is 28.6 Å². The van der Waals surface area contributed by atoms with Crippen molar-refractivity contribution in [3.05, 3.63) is 12.2 Å². The molecule has 0 amide bonds. The third-order valence-electron chi connectivity index (χ3n) is 6.42. The zero-order chi connectivity index (χ0) is 10.8. The van der Waals surface area contributed by atoms with Crippen LogP contribution in [0.15, 0.2) is 12.2 Å². The maximum Gasteiger partial charge on any atom is -0.0116 e. The topological polar surface area (TPSA) is 0 Å². The second kappa shape index (κ2) is 2.70. The van der Waals surface area contributed by atoms with Crippen molar-refractivity contribution in [3.8, 4) is 0 Å². The van der Waals surface area contributed by atoms with Crippen molar-refractivity contribution in [2.45, 2.75) is 52.9 Å². The normalized spacial score (nSPS) is 51.9. The van der Waals surface area contributed by atoms with Gasteiger partial charge in [0.15, 0.2) is 0 Å². The van der Waals surface area contributed by atoms with E-state index in [9.17, 15) is 0 Å². The highest BCUT2D eigenvalue weighted by Crippen LogP contribution is 2.69. The SMILES string of the molecule is C=C1[C@@H]2CC[C@H](C)[C@@]23CC[C@H](C3)C1(C)C. The molecule has 0 nitrogen and oxygen atoms in total. The van der Waals surface area contributed by atoms with Crippen LogP contribution >= 0.6 is 0 Å². The molecule has 1 spiro atoms. The summed E-state index contributed by atoms with van der Waals surface area (Å²) in [6.45, 7) is 11.9. The van der Waals surface area contributed by atoms with Gasteiger partial charge in [0.1, 0.15) is 0 Å². The second-order valence-electron chi connectivity index (χ2n) is 6.95. The van der Waals surface area contributed by atoms with Crippen LogP contribution in [-0.4, -0.2) is 0 Å². The fourth-order valence-corrected chi connectivity index (χ4v) is 5.05. The maximum atomic E-state index is 4.48. The minimum atomic E-state index is 0.425. The number of rotatable bonds is 0. The monoisotopic (exact) mass is 204 g/mol. The van der Waals surface area contributed by atoms with Gasteiger partial charge in [-0.25, -0.2) is 0 Å². The van der Waals surface area contributed by atoms with Gasteiger partial charge < -0.3 is 0 Å². The average Bonchev–Trinajstić information content (AvgIpc) is 2.72. The smallest absolute Gasteiger partial charge is 0.0116 e. The van der Waals surface area contributed by atoms with E-state index in [1.165, 1.54) is 32.1 Å². The van der Waals surface area contributed by atoms with Crippen molar-refractivity contribution in [1.82, 2.24) is 0 Å². The van der Waals surface area contributed by atoms with Crippen LogP contribution in [-0.2, 0) is 0 Å². The molecule has 3 aliphatic rings. The molecule has 4 atom stereocenters. The lowest BCUT2D eigenvalue weighted by Crippen LogP contribution is -2.40. The Bertz CT molecular complexity index is 312. The molecule has 0 saturated heterocycles. The van der Waals surface area contributed by atoms with Crippen LogP contribution in [0.25, 0.3) is 0 Å². The van der Waals surface area contributed by atoms with E-state index in [0.29, 0.717) is 10.8 Å². The van der Waals surface area contributed by atoms with Gasteiger partial charge in [0, 0.05) is 0 Å². The molecule has 0 unspecified atom stereocenters. The predicted molar refractivity (Wildman–Crippen MR) is 64.6 cm³/mol. The molecule has 0 aromatic heterocycles. The van der Waals surface area contributed by atoms with Crippen molar-refractivity contribution in [3.63, 3.8) is 0 Å². The molecule has 0 heteroatoms. The Labute approximate surface area is 94.1 Å². The standard InChI is InChI=1S/C15H24/c1-10-5-6-13-11(2)14(3,4)12-7-8-15(10,13)9-12/h10,12-13H,2,5-9H2,1,3-4H3/t10-,12+,13-,15-/m0/s1. The van der Waals surface area contributed by atoms with Gasteiger partial charge in [-0.05, 0) is 60.7 Å². The first-order chi connectivity index (χ1) is 6.98. The van der Waals surface area contributed by atoms with E-state index >= 15 is 0 Å². The van der Waals surface area contributed by atoms with Crippen LogP contribution < -0.4 is 0 Å². The summed E-state index contributed by atoms with van der Waals surface area (Å²) < 4.78 is 0. The molecule has 0 aliphatic heterocycles. The van der Waals surface area contributed by atoms with Gasteiger partial charge in [-0.1, -0.05) is 32.9 Å². The summed E-state index contributed by atoms with van der Waals surface area (Å²) in [6.07, 6.45) is 7.34. The van der Waals surface area contributed by atoms with Crippen LogP contribution in [0, 0.1) is 28.6 Å². The van der Waals surface area contributed by atoms with Gasteiger partial charge in [0.05, 0.1) is 0 Å². The van der Waals surface area contributed by atoms with E-state index in [4.69, 9.17) is 0 Å². The van der Waals surface area contributed by atoms with Gasteiger partial charge in [-0.2, -0.15) is 0 Å². The number of allylic oxidation sites excluding steroid dienone is 1. The molecule has 3 saturated carbocycles. The Balaban J connectivity index is 2.07. The Morgan fingerprint density at radius 3 is 2.67 bits per heavy atom. The van der Waals surface area contributed by atoms with Gasteiger partial charge in [0.2, 0.25) is 0 Å². The van der Waals surface area contributed by atoms with Crippen molar-refractivity contribution in [2.75, 3.05) is 0 Å². The number of hydrogen-bond donors (Lipinski definition) is 0. The third-order valence-corrected chi connectivity index (χ3v) is 6.42. The van der Waals surface area contributed by atoms with Crippen molar-refractivity contribution >= 4 is 0 Å². The van der Waals surface area contributed by atoms with Crippen LogP contribution in [0.1, 0.15) is 52.9 Å². The minimum absolute atomic E-state index is 0.425. The molecule has 0 heterocycles. The molecule has 84 valence electrons. The van der Waals surface area contributed by atoms with Crippen LogP contribution in [0.3, 0.4) is 0 Å². The Morgan fingerprint density at radius 2 is 1.93 bits per heavy atom. The van der Waals surface area contributed by atoms with E-state index in [2.05, 4.69) is 27.4 Å². The summed E-state index contributed by atoms with van der Waals surface area (Å²) >= 11 is 0. The summed E-state index contributed by atoms with van der Waals surface area (Å²) in [5.74, 6) is 2.75. The van der Waals surface area contributed by atoms with Gasteiger partial charge >= 0.3 is 0 Å². The van der Waals surface area contributed by atoms with Crippen LogP contribution in [0.2, 0.25) is 0 Å². The van der Waals surface area contributed by atoms with Crippen molar-refractivity contribution < 1.29 is 0 Å². The third kappa shape index (κ3) is 0.990. The molecule has 3 aliphatic carbocycles. The van der Waals surface area contributed by atoms with E-state index in [1.807, 2.05) is 0 Å². The summed E-state index contributed by atoms with van der Waals surface area (Å²) in [5, 5.41) is 0. The van der Waals surface area contributed by atoms with E-state index in [-0.39, 0.29) is 0 Å².